The molecule has 2 aromatic heterocycles. The van der Waals surface area contributed by atoms with Crippen LogP contribution in [0, 0.1) is 11.7 Å². The van der Waals surface area contributed by atoms with Gasteiger partial charge in [0.05, 0.1) is 15.9 Å². The van der Waals surface area contributed by atoms with Crippen molar-refractivity contribution in [3.63, 3.8) is 0 Å². The minimum Gasteiger partial charge on any atom is -0.330 e. The highest BCUT2D eigenvalue weighted by atomic mass is 32.2. The SMILES string of the molecule is Cc1nnc(-n2c(=S)[nH]c3ccc(S(=O)(=O)NC4(C)CC4)cc32)s1. The second-order valence-electron chi connectivity index (χ2n) is 6.21. The summed E-state index contributed by atoms with van der Waals surface area (Å²) in [5.41, 5.74) is 1.10. The van der Waals surface area contributed by atoms with Crippen molar-refractivity contribution in [2.45, 2.75) is 37.1 Å². The van der Waals surface area contributed by atoms with E-state index in [1.165, 1.54) is 11.3 Å². The molecule has 10 heteroatoms. The summed E-state index contributed by atoms with van der Waals surface area (Å²) in [4.78, 5) is 3.29. The third-order valence-corrected chi connectivity index (χ3v) is 6.80. The summed E-state index contributed by atoms with van der Waals surface area (Å²) < 4.78 is 30.1. The number of rotatable bonds is 4. The van der Waals surface area contributed by atoms with Gasteiger partial charge in [0, 0.05) is 5.54 Å². The zero-order valence-corrected chi connectivity index (χ0v) is 15.5. The molecule has 2 heterocycles. The molecule has 3 aromatic rings. The second kappa shape index (κ2) is 5.19. The molecule has 24 heavy (non-hydrogen) atoms. The van der Waals surface area contributed by atoms with Crippen molar-refractivity contribution in [3.8, 4) is 5.13 Å². The summed E-state index contributed by atoms with van der Waals surface area (Å²) in [6, 6.07) is 4.92. The van der Waals surface area contributed by atoms with Crippen LogP contribution >= 0.6 is 23.6 Å². The molecule has 1 fully saturated rings. The lowest BCUT2D eigenvalue weighted by atomic mass is 10.3. The van der Waals surface area contributed by atoms with Crippen molar-refractivity contribution in [3.05, 3.63) is 28.0 Å². The van der Waals surface area contributed by atoms with Crippen molar-refractivity contribution in [2.75, 3.05) is 0 Å². The van der Waals surface area contributed by atoms with Crippen LogP contribution in [0.15, 0.2) is 23.1 Å². The maximum absolute atomic E-state index is 12.6. The van der Waals surface area contributed by atoms with E-state index in [9.17, 15) is 8.42 Å². The Morgan fingerprint density at radius 2 is 2.12 bits per heavy atom. The number of imidazole rings is 1. The maximum Gasteiger partial charge on any atom is 0.241 e. The Hall–Kier alpha value is -1.62. The second-order valence-corrected chi connectivity index (χ2v) is 9.44. The summed E-state index contributed by atoms with van der Waals surface area (Å²) in [6.07, 6.45) is 1.72. The Balaban J connectivity index is 1.87. The van der Waals surface area contributed by atoms with Crippen molar-refractivity contribution in [2.24, 2.45) is 0 Å². The molecule has 7 nitrogen and oxygen atoms in total. The lowest BCUT2D eigenvalue weighted by Crippen LogP contribution is -2.34. The molecule has 0 atom stereocenters. The number of aromatic nitrogens is 4. The molecule has 1 aliphatic rings. The van der Waals surface area contributed by atoms with Crippen LogP contribution in [-0.2, 0) is 10.0 Å². The minimum absolute atomic E-state index is 0.215. The highest BCUT2D eigenvalue weighted by Gasteiger charge is 2.41. The molecule has 126 valence electrons. The van der Waals surface area contributed by atoms with Crippen LogP contribution in [0.2, 0.25) is 0 Å². The van der Waals surface area contributed by atoms with E-state index >= 15 is 0 Å². The lowest BCUT2D eigenvalue weighted by molar-refractivity contribution is 0.558. The van der Waals surface area contributed by atoms with E-state index in [2.05, 4.69) is 19.9 Å². The molecule has 2 N–H and O–H groups in total. The van der Waals surface area contributed by atoms with Gasteiger partial charge in [-0.1, -0.05) is 11.3 Å². The quantitative estimate of drug-likeness (QED) is 0.678. The third-order valence-electron chi connectivity index (χ3n) is 4.05. The van der Waals surface area contributed by atoms with Gasteiger partial charge in [-0.2, -0.15) is 0 Å². The molecule has 0 radical (unpaired) electrons. The average Bonchev–Trinajstić information content (AvgIpc) is 2.92. The van der Waals surface area contributed by atoms with Crippen LogP contribution in [-0.4, -0.2) is 33.7 Å². The monoisotopic (exact) mass is 381 g/mol. The number of benzene rings is 1. The molecule has 0 amide bonds. The number of hydrogen-bond acceptors (Lipinski definition) is 6. The summed E-state index contributed by atoms with van der Waals surface area (Å²) in [5, 5.41) is 9.54. The van der Waals surface area contributed by atoms with Gasteiger partial charge >= 0.3 is 0 Å². The van der Waals surface area contributed by atoms with Crippen molar-refractivity contribution in [1.29, 1.82) is 0 Å². The fourth-order valence-electron chi connectivity index (χ4n) is 2.49. The van der Waals surface area contributed by atoms with Crippen molar-refractivity contribution < 1.29 is 8.42 Å². The maximum atomic E-state index is 12.6. The number of H-pyrrole nitrogens is 1. The van der Waals surface area contributed by atoms with Gasteiger partial charge < -0.3 is 4.98 Å². The van der Waals surface area contributed by atoms with Gasteiger partial charge in [-0.05, 0) is 57.1 Å². The number of hydrogen-bond donors (Lipinski definition) is 2. The van der Waals surface area contributed by atoms with E-state index in [4.69, 9.17) is 12.2 Å². The van der Waals surface area contributed by atoms with E-state index in [1.807, 2.05) is 13.8 Å². The Kier molecular flexibility index (Phi) is 3.43. The van der Waals surface area contributed by atoms with Gasteiger partial charge in [-0.25, -0.2) is 13.1 Å². The number of aromatic amines is 1. The standard InChI is InChI=1S/C14H15N5O2S3/c1-8-16-17-13(23-8)19-11-7-9(3-4-10(11)15-12(19)22)24(20,21)18-14(2)5-6-14/h3-4,7,18H,5-6H2,1-2H3,(H,15,22). The topological polar surface area (TPSA) is 92.7 Å². The summed E-state index contributed by atoms with van der Waals surface area (Å²) >= 11 is 6.76. The molecule has 4 rings (SSSR count). The molecule has 0 spiro atoms. The van der Waals surface area contributed by atoms with Gasteiger partial charge in [-0.15, -0.1) is 10.2 Å². The Morgan fingerprint density at radius 1 is 1.38 bits per heavy atom. The highest BCUT2D eigenvalue weighted by Crippen LogP contribution is 2.36. The number of fused-ring (bicyclic) bond motifs is 1. The molecule has 0 bridgehead atoms. The average molecular weight is 382 g/mol. The predicted molar refractivity (Wildman–Crippen MR) is 94.6 cm³/mol. The van der Waals surface area contributed by atoms with E-state index in [0.717, 1.165) is 23.4 Å². The molecular formula is C14H15N5O2S3. The summed E-state index contributed by atoms with van der Waals surface area (Å²) in [6.45, 7) is 3.76. The smallest absolute Gasteiger partial charge is 0.241 e. The van der Waals surface area contributed by atoms with E-state index in [-0.39, 0.29) is 10.4 Å². The summed E-state index contributed by atoms with van der Waals surface area (Å²) in [7, 11) is -3.58. The van der Waals surface area contributed by atoms with Crippen LogP contribution in [0.4, 0.5) is 0 Å². The van der Waals surface area contributed by atoms with Crippen molar-refractivity contribution >= 4 is 44.6 Å². The number of aryl methyl sites for hydroxylation is 1. The number of sulfonamides is 1. The Bertz CT molecular complexity index is 1110. The molecule has 1 saturated carbocycles. The van der Waals surface area contributed by atoms with E-state index in [0.29, 0.717) is 15.4 Å². The van der Waals surface area contributed by atoms with Gasteiger partial charge in [0.2, 0.25) is 15.2 Å². The number of nitrogens with zero attached hydrogens (tertiary/aromatic N) is 3. The van der Waals surface area contributed by atoms with Gasteiger partial charge in [0.15, 0.2) is 4.77 Å². The fourth-order valence-corrected chi connectivity index (χ4v) is 5.03. The van der Waals surface area contributed by atoms with Crippen LogP contribution in [0.1, 0.15) is 24.8 Å². The third kappa shape index (κ3) is 2.69. The first kappa shape index (κ1) is 15.9. The van der Waals surface area contributed by atoms with Crippen molar-refractivity contribution in [1.82, 2.24) is 24.5 Å². The van der Waals surface area contributed by atoms with Crippen LogP contribution < -0.4 is 4.72 Å². The van der Waals surface area contributed by atoms with Gasteiger partial charge in [-0.3, -0.25) is 4.57 Å². The first-order valence-corrected chi connectivity index (χ1v) is 10.1. The Morgan fingerprint density at radius 3 is 2.75 bits per heavy atom. The molecule has 0 aliphatic heterocycles. The van der Waals surface area contributed by atoms with Crippen LogP contribution in [0.3, 0.4) is 0 Å². The number of nitrogens with one attached hydrogen (secondary N) is 2. The Labute approximate surface area is 147 Å². The molecular weight excluding hydrogens is 366 g/mol. The predicted octanol–water partition coefficient (Wildman–Crippen LogP) is 2.68. The lowest BCUT2D eigenvalue weighted by Gasteiger charge is -2.12. The van der Waals surface area contributed by atoms with E-state index in [1.54, 1.807) is 22.8 Å². The normalized spacial score (nSPS) is 16.6. The molecule has 0 unspecified atom stereocenters. The fraction of sp³-hybridized carbons (Fsp3) is 0.357. The van der Waals surface area contributed by atoms with Crippen LogP contribution in [0.25, 0.3) is 16.2 Å². The first-order chi connectivity index (χ1) is 11.3. The zero-order chi connectivity index (χ0) is 17.1. The minimum atomic E-state index is -3.58. The van der Waals surface area contributed by atoms with Gasteiger partial charge in [0.25, 0.3) is 0 Å². The highest BCUT2D eigenvalue weighted by molar-refractivity contribution is 7.89. The summed E-state index contributed by atoms with van der Waals surface area (Å²) in [5.74, 6) is 0. The molecule has 1 aromatic carbocycles. The molecule has 0 saturated heterocycles. The van der Waals surface area contributed by atoms with E-state index < -0.39 is 10.0 Å². The largest absolute Gasteiger partial charge is 0.330 e. The molecule has 1 aliphatic carbocycles. The van der Waals surface area contributed by atoms with Crippen LogP contribution in [0.5, 0.6) is 0 Å². The van der Waals surface area contributed by atoms with Gasteiger partial charge in [0.1, 0.15) is 5.01 Å². The first-order valence-electron chi connectivity index (χ1n) is 7.37. The zero-order valence-electron chi connectivity index (χ0n) is 13.0.